The van der Waals surface area contributed by atoms with Crippen LogP contribution in [0, 0.1) is 18.8 Å². The Labute approximate surface area is 180 Å². The van der Waals surface area contributed by atoms with Gasteiger partial charge in [0.1, 0.15) is 11.5 Å². The first-order valence-electron chi connectivity index (χ1n) is 10.5. The van der Waals surface area contributed by atoms with Crippen LogP contribution in [-0.4, -0.2) is 17.9 Å². The van der Waals surface area contributed by atoms with E-state index < -0.39 is 0 Å². The molecule has 1 aliphatic rings. The number of aryl methyl sites for hydroxylation is 1. The second-order valence-electron chi connectivity index (χ2n) is 8.55. The number of ether oxygens (including phenoxy) is 1. The number of ketones is 1. The predicted molar refractivity (Wildman–Crippen MR) is 121 cm³/mol. The molecule has 0 atom stereocenters. The maximum absolute atomic E-state index is 12.0. The molecule has 0 N–H and O–H groups in total. The molecule has 2 aromatic rings. The highest BCUT2D eigenvalue weighted by atomic mass is 35.5. The number of carbonyl (C=O) groups is 1. The SMILES string of the molecule is CCC1CC(C(C)=O)(c2cc(Cl)cnc2C)C1.COc1ccc(CC(C)C)cc1. The molecule has 0 radical (unpaired) electrons. The van der Waals surface area contributed by atoms with E-state index in [0.29, 0.717) is 10.9 Å². The van der Waals surface area contributed by atoms with Crippen molar-refractivity contribution in [2.24, 2.45) is 11.8 Å². The molecule has 1 fully saturated rings. The molecule has 0 bridgehead atoms. The summed E-state index contributed by atoms with van der Waals surface area (Å²) in [7, 11) is 1.69. The van der Waals surface area contributed by atoms with E-state index in [1.54, 1.807) is 20.2 Å². The highest BCUT2D eigenvalue weighted by molar-refractivity contribution is 6.30. The fourth-order valence-electron chi connectivity index (χ4n) is 4.14. The minimum Gasteiger partial charge on any atom is -0.497 e. The molecule has 158 valence electrons. The molecular weight excluding hydrogens is 382 g/mol. The van der Waals surface area contributed by atoms with E-state index in [4.69, 9.17) is 16.3 Å². The molecule has 1 heterocycles. The molecule has 1 saturated carbocycles. The lowest BCUT2D eigenvalue weighted by Crippen LogP contribution is -2.47. The number of rotatable bonds is 6. The van der Waals surface area contributed by atoms with E-state index in [9.17, 15) is 4.79 Å². The van der Waals surface area contributed by atoms with Gasteiger partial charge in [0.2, 0.25) is 0 Å². The maximum atomic E-state index is 12.0. The summed E-state index contributed by atoms with van der Waals surface area (Å²) in [4.78, 5) is 16.3. The summed E-state index contributed by atoms with van der Waals surface area (Å²) in [5.41, 5.74) is 3.02. The van der Waals surface area contributed by atoms with Gasteiger partial charge in [-0.1, -0.05) is 50.9 Å². The Kier molecular flexibility index (Phi) is 8.27. The maximum Gasteiger partial charge on any atom is 0.140 e. The van der Waals surface area contributed by atoms with Crippen LogP contribution in [0.1, 0.15) is 63.8 Å². The lowest BCUT2D eigenvalue weighted by Gasteiger charge is -2.46. The van der Waals surface area contributed by atoms with Crippen molar-refractivity contribution in [2.45, 2.75) is 65.7 Å². The van der Waals surface area contributed by atoms with Crippen molar-refractivity contribution < 1.29 is 9.53 Å². The van der Waals surface area contributed by atoms with Gasteiger partial charge in [-0.2, -0.15) is 0 Å². The predicted octanol–water partition coefficient (Wildman–Crippen LogP) is 6.58. The average molecular weight is 416 g/mol. The first-order chi connectivity index (χ1) is 13.7. The zero-order chi connectivity index (χ0) is 21.6. The van der Waals surface area contributed by atoms with Gasteiger partial charge in [-0.15, -0.1) is 0 Å². The minimum atomic E-state index is -0.317. The van der Waals surface area contributed by atoms with Crippen molar-refractivity contribution in [3.63, 3.8) is 0 Å². The summed E-state index contributed by atoms with van der Waals surface area (Å²) in [6.45, 7) is 10.3. The highest BCUT2D eigenvalue weighted by Gasteiger charge is 2.49. The van der Waals surface area contributed by atoms with E-state index in [1.807, 2.05) is 25.1 Å². The van der Waals surface area contributed by atoms with E-state index in [2.05, 4.69) is 37.9 Å². The van der Waals surface area contributed by atoms with Crippen LogP contribution in [0.4, 0.5) is 0 Å². The number of carbonyl (C=O) groups excluding carboxylic acids is 1. The molecule has 0 aliphatic heterocycles. The van der Waals surface area contributed by atoms with Gasteiger partial charge in [-0.3, -0.25) is 9.78 Å². The molecule has 29 heavy (non-hydrogen) atoms. The molecule has 3 nitrogen and oxygen atoms in total. The summed E-state index contributed by atoms with van der Waals surface area (Å²) in [6.07, 6.45) is 5.82. The second-order valence-corrected chi connectivity index (χ2v) is 8.99. The van der Waals surface area contributed by atoms with Crippen molar-refractivity contribution in [2.75, 3.05) is 7.11 Å². The van der Waals surface area contributed by atoms with Gasteiger partial charge in [0, 0.05) is 11.9 Å². The van der Waals surface area contributed by atoms with Crippen LogP contribution in [0.15, 0.2) is 36.5 Å². The Morgan fingerprint density at radius 1 is 1.28 bits per heavy atom. The number of hydrogen-bond donors (Lipinski definition) is 0. The monoisotopic (exact) mass is 415 g/mol. The first kappa shape index (κ1) is 23.4. The second kappa shape index (κ2) is 10.2. The fourth-order valence-corrected chi connectivity index (χ4v) is 4.29. The summed E-state index contributed by atoms with van der Waals surface area (Å²) >= 11 is 6.01. The highest BCUT2D eigenvalue weighted by Crippen LogP contribution is 2.50. The van der Waals surface area contributed by atoms with Crippen LogP contribution in [0.2, 0.25) is 5.02 Å². The van der Waals surface area contributed by atoms with Gasteiger partial charge in [0.25, 0.3) is 0 Å². The Balaban J connectivity index is 0.000000221. The molecule has 0 unspecified atom stereocenters. The number of methoxy groups -OCH3 is 1. The minimum absolute atomic E-state index is 0.245. The Bertz CT molecular complexity index is 808. The number of pyridine rings is 1. The Hall–Kier alpha value is -1.87. The number of nitrogens with zero attached hydrogens (tertiary/aromatic N) is 1. The molecule has 1 aliphatic carbocycles. The topological polar surface area (TPSA) is 39.2 Å². The molecule has 4 heteroatoms. The number of halogens is 1. The third-order valence-corrected chi connectivity index (χ3v) is 6.10. The third-order valence-electron chi connectivity index (χ3n) is 5.90. The van der Waals surface area contributed by atoms with E-state index >= 15 is 0 Å². The van der Waals surface area contributed by atoms with Crippen LogP contribution in [0.25, 0.3) is 0 Å². The molecule has 0 spiro atoms. The average Bonchev–Trinajstić information content (AvgIpc) is 2.64. The van der Waals surface area contributed by atoms with Crippen LogP contribution >= 0.6 is 11.6 Å². The van der Waals surface area contributed by atoms with Gasteiger partial charge < -0.3 is 4.74 Å². The smallest absolute Gasteiger partial charge is 0.140 e. The molecular formula is C25H34ClNO2. The van der Waals surface area contributed by atoms with Gasteiger partial charge in [0.15, 0.2) is 0 Å². The Morgan fingerprint density at radius 3 is 2.38 bits per heavy atom. The number of benzene rings is 1. The van der Waals surface area contributed by atoms with Crippen LogP contribution in [-0.2, 0) is 16.6 Å². The summed E-state index contributed by atoms with van der Waals surface area (Å²) in [6, 6.07) is 10.2. The van der Waals surface area contributed by atoms with E-state index in [0.717, 1.165) is 48.6 Å². The van der Waals surface area contributed by atoms with Gasteiger partial charge in [-0.05, 0) is 74.3 Å². The van der Waals surface area contributed by atoms with Crippen molar-refractivity contribution in [1.82, 2.24) is 4.98 Å². The lowest BCUT2D eigenvalue weighted by molar-refractivity contribution is -0.127. The van der Waals surface area contributed by atoms with E-state index in [-0.39, 0.29) is 11.2 Å². The van der Waals surface area contributed by atoms with Crippen molar-refractivity contribution >= 4 is 17.4 Å². The zero-order valence-electron chi connectivity index (χ0n) is 18.6. The number of hydrogen-bond acceptors (Lipinski definition) is 3. The standard InChI is InChI=1S/C14H18ClNO.C11H16O/c1-4-11-6-14(7-11,10(3)17)13-5-12(15)8-16-9(13)2;1-9(2)8-10-4-6-11(12-3)7-5-10/h5,8,11H,4,6-7H2,1-3H3;4-7,9H,8H2,1-3H3. The van der Waals surface area contributed by atoms with E-state index in [1.165, 1.54) is 5.56 Å². The zero-order valence-corrected chi connectivity index (χ0v) is 19.3. The number of Topliss-reactive ketones (excluding diaryl/α,β-unsaturated/α-hetero) is 1. The largest absolute Gasteiger partial charge is 0.497 e. The summed E-state index contributed by atoms with van der Waals surface area (Å²) in [5.74, 6) is 2.56. The molecule has 1 aromatic heterocycles. The normalized spacial score (nSPS) is 20.5. The van der Waals surface area contributed by atoms with Gasteiger partial charge >= 0.3 is 0 Å². The quantitative estimate of drug-likeness (QED) is 0.534. The molecule has 1 aromatic carbocycles. The molecule has 0 amide bonds. The summed E-state index contributed by atoms with van der Waals surface area (Å²) in [5, 5.41) is 0.617. The van der Waals surface area contributed by atoms with Crippen molar-refractivity contribution in [1.29, 1.82) is 0 Å². The van der Waals surface area contributed by atoms with Crippen molar-refractivity contribution in [3.8, 4) is 5.75 Å². The fraction of sp³-hybridized carbons (Fsp3) is 0.520. The van der Waals surface area contributed by atoms with Crippen LogP contribution in [0.3, 0.4) is 0 Å². The molecule has 0 saturated heterocycles. The van der Waals surface area contributed by atoms with Gasteiger partial charge in [-0.25, -0.2) is 0 Å². The Morgan fingerprint density at radius 2 is 1.90 bits per heavy atom. The summed E-state index contributed by atoms with van der Waals surface area (Å²) < 4.78 is 5.07. The first-order valence-corrected chi connectivity index (χ1v) is 10.9. The van der Waals surface area contributed by atoms with Gasteiger partial charge in [0.05, 0.1) is 17.5 Å². The van der Waals surface area contributed by atoms with Crippen LogP contribution in [0.5, 0.6) is 5.75 Å². The molecule has 3 rings (SSSR count). The number of aromatic nitrogens is 1. The lowest BCUT2D eigenvalue weighted by atomic mass is 9.56. The third kappa shape index (κ3) is 5.82. The van der Waals surface area contributed by atoms with Crippen LogP contribution < -0.4 is 4.74 Å². The van der Waals surface area contributed by atoms with Crippen molar-refractivity contribution in [3.05, 3.63) is 58.4 Å².